The van der Waals surface area contributed by atoms with Crippen LogP contribution in [0.3, 0.4) is 0 Å². The number of aliphatic hydroxyl groups is 1. The second-order valence-corrected chi connectivity index (χ2v) is 4.64. The Morgan fingerprint density at radius 1 is 1.57 bits per heavy atom. The predicted molar refractivity (Wildman–Crippen MR) is 54.9 cm³/mol. The molecule has 0 spiro atoms. The molecule has 1 N–H and O–H groups in total. The Morgan fingerprint density at radius 3 is 3.00 bits per heavy atom. The summed E-state index contributed by atoms with van der Waals surface area (Å²) >= 11 is 0. The maximum atomic E-state index is 11.3. The van der Waals surface area contributed by atoms with Crippen LogP contribution in [0.1, 0.15) is 33.1 Å². The number of allylic oxidation sites excluding steroid dienone is 3. The van der Waals surface area contributed by atoms with Crippen molar-refractivity contribution in [3.05, 3.63) is 23.5 Å². The third-order valence-corrected chi connectivity index (χ3v) is 3.79. The lowest BCUT2D eigenvalue weighted by Crippen LogP contribution is -2.33. The van der Waals surface area contributed by atoms with Crippen molar-refractivity contribution in [3.63, 3.8) is 0 Å². The van der Waals surface area contributed by atoms with E-state index in [-0.39, 0.29) is 17.0 Å². The number of ketones is 1. The maximum absolute atomic E-state index is 11.3. The molecule has 2 aliphatic carbocycles. The van der Waals surface area contributed by atoms with Crippen LogP contribution in [0.2, 0.25) is 0 Å². The van der Waals surface area contributed by atoms with E-state index >= 15 is 0 Å². The van der Waals surface area contributed by atoms with Crippen LogP contribution in [0, 0.1) is 11.3 Å². The molecule has 2 atom stereocenters. The van der Waals surface area contributed by atoms with E-state index in [1.807, 2.05) is 0 Å². The lowest BCUT2D eigenvalue weighted by atomic mass is 9.63. The second-order valence-electron chi connectivity index (χ2n) is 4.64. The van der Waals surface area contributed by atoms with Crippen molar-refractivity contribution in [1.29, 1.82) is 0 Å². The molecule has 2 heteroatoms. The summed E-state index contributed by atoms with van der Waals surface area (Å²) in [5.74, 6) is 0.203. The highest BCUT2D eigenvalue weighted by atomic mass is 16.3. The summed E-state index contributed by atoms with van der Waals surface area (Å²) in [6.07, 6.45) is 6.70. The Bertz CT molecular complexity index is 338. The highest BCUT2D eigenvalue weighted by Gasteiger charge is 2.39. The van der Waals surface area contributed by atoms with Gasteiger partial charge in [-0.2, -0.15) is 0 Å². The number of carbonyl (C=O) groups excluding carboxylic acids is 1. The van der Waals surface area contributed by atoms with Gasteiger partial charge in [-0.3, -0.25) is 4.79 Å². The van der Waals surface area contributed by atoms with Crippen molar-refractivity contribution in [2.75, 3.05) is 0 Å². The summed E-state index contributed by atoms with van der Waals surface area (Å²) in [5.41, 5.74) is 1.11. The Balaban J connectivity index is 2.44. The summed E-state index contributed by atoms with van der Waals surface area (Å²) in [6, 6.07) is 0. The lowest BCUT2D eigenvalue weighted by Gasteiger charge is -2.41. The van der Waals surface area contributed by atoms with Crippen molar-refractivity contribution in [3.8, 4) is 0 Å². The van der Waals surface area contributed by atoms with Gasteiger partial charge >= 0.3 is 0 Å². The fraction of sp³-hybridized carbons (Fsp3) is 0.583. The number of aliphatic hydroxyl groups excluding tert-OH is 1. The molecular formula is C12H16O2. The Labute approximate surface area is 84.3 Å². The molecule has 0 radical (unpaired) electrons. The van der Waals surface area contributed by atoms with Crippen molar-refractivity contribution >= 4 is 5.78 Å². The van der Waals surface area contributed by atoms with E-state index in [9.17, 15) is 9.90 Å². The first-order valence-electron chi connectivity index (χ1n) is 5.21. The number of rotatable bonds is 0. The standard InChI is InChI=1S/C12H16O2/c1-8-4-3-5-9-6-10(13)11(14)7-12(8,9)2/h6-8,14H,3-5H2,1-2H3/t8-,12+/m0/s1. The zero-order chi connectivity index (χ0) is 10.3. The molecule has 0 amide bonds. The molecule has 0 bridgehead atoms. The molecule has 76 valence electrons. The fourth-order valence-corrected chi connectivity index (χ4v) is 2.53. The second kappa shape index (κ2) is 2.97. The Hall–Kier alpha value is -1.05. The van der Waals surface area contributed by atoms with E-state index in [2.05, 4.69) is 13.8 Å². The first-order chi connectivity index (χ1) is 6.54. The van der Waals surface area contributed by atoms with Gasteiger partial charge < -0.3 is 5.11 Å². The number of carbonyl (C=O) groups is 1. The molecule has 1 saturated carbocycles. The molecule has 0 heterocycles. The zero-order valence-electron chi connectivity index (χ0n) is 8.71. The van der Waals surface area contributed by atoms with Crippen LogP contribution < -0.4 is 0 Å². The average Bonchev–Trinajstić information content (AvgIpc) is 2.11. The van der Waals surface area contributed by atoms with Crippen LogP contribution >= 0.6 is 0 Å². The maximum Gasteiger partial charge on any atom is 0.219 e. The van der Waals surface area contributed by atoms with Crippen molar-refractivity contribution in [2.24, 2.45) is 11.3 Å². The molecule has 0 aromatic rings. The molecule has 1 fully saturated rings. The van der Waals surface area contributed by atoms with Crippen LogP contribution in [0.25, 0.3) is 0 Å². The smallest absolute Gasteiger partial charge is 0.219 e. The number of hydrogen-bond donors (Lipinski definition) is 1. The van der Waals surface area contributed by atoms with Gasteiger partial charge in [-0.05, 0) is 37.3 Å². The van der Waals surface area contributed by atoms with Crippen LogP contribution in [0.4, 0.5) is 0 Å². The fourth-order valence-electron chi connectivity index (χ4n) is 2.53. The van der Waals surface area contributed by atoms with Gasteiger partial charge in [0, 0.05) is 5.41 Å². The van der Waals surface area contributed by atoms with Crippen LogP contribution in [-0.2, 0) is 4.79 Å². The van der Waals surface area contributed by atoms with Gasteiger partial charge in [0.1, 0.15) is 0 Å². The first-order valence-corrected chi connectivity index (χ1v) is 5.21. The third-order valence-electron chi connectivity index (χ3n) is 3.79. The third kappa shape index (κ3) is 1.21. The van der Waals surface area contributed by atoms with Crippen LogP contribution in [0.5, 0.6) is 0 Å². The minimum absolute atomic E-state index is 0.0787. The van der Waals surface area contributed by atoms with Crippen molar-refractivity contribution < 1.29 is 9.90 Å². The predicted octanol–water partition coefficient (Wildman–Crippen LogP) is 2.76. The molecule has 0 saturated heterocycles. The largest absolute Gasteiger partial charge is 0.504 e. The molecular weight excluding hydrogens is 176 g/mol. The highest BCUT2D eigenvalue weighted by molar-refractivity contribution is 6.03. The highest BCUT2D eigenvalue weighted by Crippen LogP contribution is 2.48. The van der Waals surface area contributed by atoms with E-state index in [1.165, 1.54) is 12.0 Å². The van der Waals surface area contributed by atoms with Gasteiger partial charge in [0.25, 0.3) is 0 Å². The summed E-state index contributed by atoms with van der Waals surface area (Å²) in [4.78, 5) is 11.3. The molecule has 2 aliphatic rings. The van der Waals surface area contributed by atoms with Crippen LogP contribution in [-0.4, -0.2) is 10.9 Å². The molecule has 14 heavy (non-hydrogen) atoms. The van der Waals surface area contributed by atoms with Gasteiger partial charge in [0.05, 0.1) is 0 Å². The van der Waals surface area contributed by atoms with E-state index < -0.39 is 0 Å². The molecule has 0 aromatic carbocycles. The Morgan fingerprint density at radius 2 is 2.29 bits per heavy atom. The average molecular weight is 192 g/mol. The lowest BCUT2D eigenvalue weighted by molar-refractivity contribution is -0.114. The SMILES string of the molecule is C[C@H]1CCCC2=CC(=O)C(O)=C[C@@]21C. The van der Waals surface area contributed by atoms with Crippen molar-refractivity contribution in [2.45, 2.75) is 33.1 Å². The van der Waals surface area contributed by atoms with E-state index in [1.54, 1.807) is 12.2 Å². The molecule has 0 aromatic heterocycles. The van der Waals surface area contributed by atoms with Gasteiger partial charge in [-0.1, -0.05) is 19.4 Å². The van der Waals surface area contributed by atoms with E-state index in [0.29, 0.717) is 5.92 Å². The number of hydrogen-bond acceptors (Lipinski definition) is 2. The normalized spacial score (nSPS) is 37.3. The first kappa shape index (κ1) is 9.50. The molecule has 0 unspecified atom stereocenters. The zero-order valence-corrected chi connectivity index (χ0v) is 8.71. The summed E-state index contributed by atoms with van der Waals surface area (Å²) in [5, 5.41) is 9.47. The topological polar surface area (TPSA) is 37.3 Å². The molecule has 2 rings (SSSR count). The van der Waals surface area contributed by atoms with Gasteiger partial charge in [0.2, 0.25) is 5.78 Å². The summed E-state index contributed by atoms with van der Waals surface area (Å²) in [7, 11) is 0. The van der Waals surface area contributed by atoms with Gasteiger partial charge in [-0.15, -0.1) is 0 Å². The van der Waals surface area contributed by atoms with Gasteiger partial charge in [-0.25, -0.2) is 0 Å². The summed E-state index contributed by atoms with van der Waals surface area (Å²) < 4.78 is 0. The quantitative estimate of drug-likeness (QED) is 0.640. The van der Waals surface area contributed by atoms with E-state index in [4.69, 9.17) is 0 Å². The van der Waals surface area contributed by atoms with E-state index in [0.717, 1.165) is 12.8 Å². The van der Waals surface area contributed by atoms with Crippen LogP contribution in [0.15, 0.2) is 23.5 Å². The molecule has 2 nitrogen and oxygen atoms in total. The minimum Gasteiger partial charge on any atom is -0.504 e. The minimum atomic E-state index is -0.230. The van der Waals surface area contributed by atoms with Gasteiger partial charge in [0.15, 0.2) is 5.76 Å². The molecule has 0 aliphatic heterocycles. The summed E-state index contributed by atoms with van der Waals surface area (Å²) in [6.45, 7) is 4.30. The monoisotopic (exact) mass is 192 g/mol. The Kier molecular flexibility index (Phi) is 2.02. The number of fused-ring (bicyclic) bond motifs is 1. The van der Waals surface area contributed by atoms with Crippen molar-refractivity contribution in [1.82, 2.24) is 0 Å².